The zero-order valence-electron chi connectivity index (χ0n) is 8.51. The lowest BCUT2D eigenvalue weighted by atomic mass is 10.0. The molecule has 84 valence electrons. The van der Waals surface area contributed by atoms with Crippen molar-refractivity contribution < 1.29 is 4.79 Å². The van der Waals surface area contributed by atoms with Crippen LogP contribution in [0, 0.1) is 11.8 Å². The van der Waals surface area contributed by atoms with Crippen LogP contribution in [0.25, 0.3) is 0 Å². The van der Waals surface area contributed by atoms with E-state index in [9.17, 15) is 4.79 Å². The Labute approximate surface area is 99.3 Å². The van der Waals surface area contributed by atoms with Gasteiger partial charge in [-0.25, -0.2) is 5.43 Å². The number of hydrogen-bond donors (Lipinski definition) is 2. The first-order valence-electron chi connectivity index (χ1n) is 4.99. The number of nitrogens with one attached hydrogen (secondary N) is 1. The fourth-order valence-corrected chi connectivity index (χ4v) is 2.00. The minimum absolute atomic E-state index is 0. The Kier molecular flexibility index (Phi) is 2.59. The molecule has 0 bridgehead atoms. The number of anilines is 1. The molecule has 0 spiro atoms. The monoisotopic (exact) mass is 237 g/mol. The van der Waals surface area contributed by atoms with Crippen molar-refractivity contribution in [2.75, 3.05) is 5.73 Å². The number of nitrogen functional groups attached to an aromatic ring is 1. The molecule has 1 saturated carbocycles. The van der Waals surface area contributed by atoms with Crippen molar-refractivity contribution in [1.29, 1.82) is 0 Å². The van der Waals surface area contributed by atoms with Gasteiger partial charge in [-0.15, -0.1) is 12.4 Å². The number of hydrazone groups is 1. The largest absolute Gasteiger partial charge is 0.399 e. The van der Waals surface area contributed by atoms with Crippen molar-refractivity contribution in [3.8, 4) is 0 Å². The SMILES string of the molecule is Cl.Nc1ccc(C2=NNC(=O)C3CC23)cc1. The summed E-state index contributed by atoms with van der Waals surface area (Å²) >= 11 is 0. The molecule has 4 nitrogen and oxygen atoms in total. The van der Waals surface area contributed by atoms with Crippen molar-refractivity contribution in [3.63, 3.8) is 0 Å². The molecule has 3 N–H and O–H groups in total. The molecule has 1 heterocycles. The van der Waals surface area contributed by atoms with Gasteiger partial charge in [0, 0.05) is 17.5 Å². The normalized spacial score (nSPS) is 26.0. The van der Waals surface area contributed by atoms with Crippen LogP contribution in [0.5, 0.6) is 0 Å². The minimum atomic E-state index is 0. The number of halogens is 1. The predicted molar refractivity (Wildman–Crippen MR) is 64.4 cm³/mol. The fourth-order valence-electron chi connectivity index (χ4n) is 2.00. The van der Waals surface area contributed by atoms with E-state index in [1.165, 1.54) is 0 Å². The molecule has 0 saturated heterocycles. The zero-order chi connectivity index (χ0) is 10.4. The Bertz CT molecular complexity index is 455. The van der Waals surface area contributed by atoms with Gasteiger partial charge >= 0.3 is 0 Å². The molecule has 2 atom stereocenters. The third-order valence-electron chi connectivity index (χ3n) is 2.97. The second-order valence-electron chi connectivity index (χ2n) is 4.04. The van der Waals surface area contributed by atoms with Crippen molar-refractivity contribution in [2.45, 2.75) is 6.42 Å². The van der Waals surface area contributed by atoms with E-state index in [-0.39, 0.29) is 24.2 Å². The molecule has 0 aromatic heterocycles. The van der Waals surface area contributed by atoms with E-state index in [1.807, 2.05) is 24.3 Å². The van der Waals surface area contributed by atoms with Gasteiger partial charge in [-0.2, -0.15) is 5.10 Å². The standard InChI is InChI=1S/C11H11N3O.ClH/c12-7-3-1-6(2-4-7)10-8-5-9(8)11(15)14-13-10;/h1-4,8-9H,5,12H2,(H,14,15);1H. The summed E-state index contributed by atoms with van der Waals surface area (Å²) in [4.78, 5) is 11.2. The molecule has 1 aliphatic heterocycles. The fraction of sp³-hybridized carbons (Fsp3) is 0.273. The lowest BCUT2D eigenvalue weighted by Crippen LogP contribution is -2.28. The van der Waals surface area contributed by atoms with Crippen LogP contribution in [0.2, 0.25) is 0 Å². The van der Waals surface area contributed by atoms with Crippen molar-refractivity contribution in [3.05, 3.63) is 29.8 Å². The molecule has 5 heteroatoms. The summed E-state index contributed by atoms with van der Waals surface area (Å²) in [5.41, 5.74) is 10.9. The summed E-state index contributed by atoms with van der Waals surface area (Å²) in [6.07, 6.45) is 0.926. The van der Waals surface area contributed by atoms with Gasteiger partial charge in [-0.05, 0) is 24.1 Å². The minimum Gasteiger partial charge on any atom is -0.399 e. The van der Waals surface area contributed by atoms with Gasteiger partial charge in [-0.3, -0.25) is 4.79 Å². The first-order valence-corrected chi connectivity index (χ1v) is 4.99. The Morgan fingerprint density at radius 2 is 1.94 bits per heavy atom. The van der Waals surface area contributed by atoms with Crippen LogP contribution in [0.1, 0.15) is 12.0 Å². The topological polar surface area (TPSA) is 67.5 Å². The van der Waals surface area contributed by atoms with Crippen molar-refractivity contribution in [2.24, 2.45) is 16.9 Å². The maximum Gasteiger partial charge on any atom is 0.243 e. The van der Waals surface area contributed by atoms with Gasteiger partial charge in [0.15, 0.2) is 0 Å². The van der Waals surface area contributed by atoms with E-state index in [0.717, 1.165) is 23.4 Å². The van der Waals surface area contributed by atoms with E-state index in [2.05, 4.69) is 10.5 Å². The smallest absolute Gasteiger partial charge is 0.243 e. The van der Waals surface area contributed by atoms with Crippen LogP contribution < -0.4 is 11.2 Å². The van der Waals surface area contributed by atoms with Gasteiger partial charge < -0.3 is 5.73 Å². The maximum atomic E-state index is 11.2. The highest BCUT2D eigenvalue weighted by atomic mass is 35.5. The predicted octanol–water partition coefficient (Wildman–Crippen LogP) is 1.16. The van der Waals surface area contributed by atoms with Gasteiger partial charge in [0.25, 0.3) is 0 Å². The van der Waals surface area contributed by atoms with Gasteiger partial charge in [-0.1, -0.05) is 12.1 Å². The summed E-state index contributed by atoms with van der Waals surface area (Å²) in [6.45, 7) is 0. The number of hydrogen-bond acceptors (Lipinski definition) is 3. The van der Waals surface area contributed by atoms with E-state index in [1.54, 1.807) is 0 Å². The first-order chi connectivity index (χ1) is 7.25. The van der Waals surface area contributed by atoms with E-state index < -0.39 is 0 Å². The highest BCUT2D eigenvalue weighted by Crippen LogP contribution is 2.43. The molecular weight excluding hydrogens is 226 g/mol. The lowest BCUT2D eigenvalue weighted by Gasteiger charge is -2.11. The van der Waals surface area contributed by atoms with Gasteiger partial charge in [0.2, 0.25) is 5.91 Å². The highest BCUT2D eigenvalue weighted by Gasteiger charge is 2.49. The summed E-state index contributed by atoms with van der Waals surface area (Å²) in [7, 11) is 0. The van der Waals surface area contributed by atoms with Crippen LogP contribution >= 0.6 is 12.4 Å². The second kappa shape index (κ2) is 3.79. The molecule has 1 amide bonds. The number of carbonyl (C=O) groups excluding carboxylic acids is 1. The molecule has 1 aromatic rings. The highest BCUT2D eigenvalue weighted by molar-refractivity contribution is 6.09. The summed E-state index contributed by atoms with van der Waals surface area (Å²) in [5.74, 6) is 0.525. The van der Waals surface area contributed by atoms with E-state index >= 15 is 0 Å². The average Bonchev–Trinajstić information content (AvgIpc) is 3.01. The number of carbonyl (C=O) groups is 1. The Hall–Kier alpha value is -1.55. The quantitative estimate of drug-likeness (QED) is 0.720. The Morgan fingerprint density at radius 1 is 1.25 bits per heavy atom. The molecule has 1 aliphatic carbocycles. The van der Waals surface area contributed by atoms with Crippen molar-refractivity contribution in [1.82, 2.24) is 5.43 Å². The van der Waals surface area contributed by atoms with Gasteiger partial charge in [0.05, 0.1) is 5.71 Å². The second-order valence-corrected chi connectivity index (χ2v) is 4.04. The van der Waals surface area contributed by atoms with Crippen LogP contribution in [0.3, 0.4) is 0 Å². The molecule has 1 aromatic carbocycles. The van der Waals surface area contributed by atoms with Crippen molar-refractivity contribution >= 4 is 29.7 Å². The van der Waals surface area contributed by atoms with E-state index in [4.69, 9.17) is 5.73 Å². The summed E-state index contributed by atoms with van der Waals surface area (Å²) < 4.78 is 0. The Morgan fingerprint density at radius 3 is 2.62 bits per heavy atom. The molecule has 3 rings (SSSR count). The third-order valence-corrected chi connectivity index (χ3v) is 2.97. The van der Waals surface area contributed by atoms with Crippen LogP contribution in [-0.2, 0) is 4.79 Å². The molecule has 2 aliphatic rings. The Balaban J connectivity index is 0.000000963. The first kappa shape index (κ1) is 11.0. The lowest BCUT2D eigenvalue weighted by molar-refractivity contribution is -0.122. The van der Waals surface area contributed by atoms with Gasteiger partial charge in [0.1, 0.15) is 0 Å². The summed E-state index contributed by atoms with van der Waals surface area (Å²) in [5, 5.41) is 4.11. The van der Waals surface area contributed by atoms with Crippen LogP contribution in [-0.4, -0.2) is 11.6 Å². The molecule has 2 unspecified atom stereocenters. The molecular formula is C11H12ClN3O. The number of fused-ring (bicyclic) bond motifs is 1. The van der Waals surface area contributed by atoms with Crippen LogP contribution in [0.15, 0.2) is 29.4 Å². The zero-order valence-corrected chi connectivity index (χ0v) is 9.33. The molecule has 1 fully saturated rings. The number of nitrogens with zero attached hydrogens (tertiary/aromatic N) is 1. The van der Waals surface area contributed by atoms with Crippen LogP contribution in [0.4, 0.5) is 5.69 Å². The number of rotatable bonds is 1. The van der Waals surface area contributed by atoms with E-state index in [0.29, 0.717) is 5.92 Å². The summed E-state index contributed by atoms with van der Waals surface area (Å²) in [6, 6.07) is 7.60. The maximum absolute atomic E-state index is 11.2. The molecule has 16 heavy (non-hydrogen) atoms. The number of nitrogens with two attached hydrogens (primary N) is 1. The number of amides is 1. The average molecular weight is 238 g/mol. The molecule has 0 radical (unpaired) electrons. The third kappa shape index (κ3) is 1.65. The number of benzene rings is 1.